The normalized spacial score (nSPS) is 18.0. The zero-order valence-corrected chi connectivity index (χ0v) is 46.1. The van der Waals surface area contributed by atoms with Crippen LogP contribution in [0.5, 0.6) is 0 Å². The number of hydrogen-bond donors (Lipinski definition) is 11. The maximum atomic E-state index is 15.5. The monoisotopic (exact) mass is 1140 g/mol. The summed E-state index contributed by atoms with van der Waals surface area (Å²) in [7, 11) is 0. The molecule has 25 heteroatoms. The van der Waals surface area contributed by atoms with Crippen LogP contribution in [-0.4, -0.2) is 163 Å². The van der Waals surface area contributed by atoms with Crippen LogP contribution < -0.4 is 32.1 Å². The lowest BCUT2D eigenvalue weighted by atomic mass is 9.85. The molecule has 4 heterocycles. The van der Waals surface area contributed by atoms with Crippen LogP contribution in [0.25, 0.3) is 22.0 Å². The van der Waals surface area contributed by atoms with E-state index in [-0.39, 0.29) is 69.0 Å². The van der Waals surface area contributed by atoms with Gasteiger partial charge in [-0.1, -0.05) is 27.2 Å². The van der Waals surface area contributed by atoms with Gasteiger partial charge in [-0.15, -0.1) is 0 Å². The third kappa shape index (κ3) is 15.1. The lowest BCUT2D eigenvalue weighted by Crippen LogP contribution is -2.58. The van der Waals surface area contributed by atoms with Crippen molar-refractivity contribution < 1.29 is 82.9 Å². The van der Waals surface area contributed by atoms with E-state index in [2.05, 4.69) is 26.6 Å². The quantitative estimate of drug-likeness (QED) is 0.0136. The number of halogens is 1. The highest BCUT2D eigenvalue weighted by Gasteiger charge is 2.45. The van der Waals surface area contributed by atoms with Gasteiger partial charge in [0.1, 0.15) is 55.6 Å². The van der Waals surface area contributed by atoms with Gasteiger partial charge in [0.25, 0.3) is 17.4 Å². The number of esters is 1. The van der Waals surface area contributed by atoms with Gasteiger partial charge in [0.2, 0.25) is 29.5 Å². The van der Waals surface area contributed by atoms with Crippen LogP contribution in [0.15, 0.2) is 41.2 Å². The van der Waals surface area contributed by atoms with Gasteiger partial charge in [-0.25, -0.2) is 9.18 Å². The minimum Gasteiger partial charge on any atom is -0.458 e. The van der Waals surface area contributed by atoms with E-state index in [1.807, 2.05) is 12.1 Å². The number of imide groups is 1. The summed E-state index contributed by atoms with van der Waals surface area (Å²) < 4.78 is 27.9. The van der Waals surface area contributed by atoms with Gasteiger partial charge >= 0.3 is 5.97 Å². The molecule has 0 saturated carbocycles. The van der Waals surface area contributed by atoms with Crippen molar-refractivity contribution >= 4 is 58.1 Å². The second kappa shape index (κ2) is 28.1. The Labute approximate surface area is 466 Å². The first-order chi connectivity index (χ1) is 38.4. The van der Waals surface area contributed by atoms with E-state index in [0.717, 1.165) is 21.4 Å². The van der Waals surface area contributed by atoms with E-state index < -0.39 is 127 Å². The number of aryl methyl sites for hydroxylation is 1. The van der Waals surface area contributed by atoms with Gasteiger partial charge < -0.3 is 71.3 Å². The highest BCUT2D eigenvalue weighted by Crippen LogP contribution is 2.41. The number of rotatable bonds is 30. The summed E-state index contributed by atoms with van der Waals surface area (Å²) in [5.41, 5.74) is 1.40. The minimum atomic E-state index is -1.96. The summed E-state index contributed by atoms with van der Waals surface area (Å²) in [6.07, 6.45) is -3.14. The molecule has 81 heavy (non-hydrogen) atoms. The van der Waals surface area contributed by atoms with Crippen LogP contribution in [0.2, 0.25) is 0 Å². The maximum Gasteiger partial charge on any atom is 0.343 e. The highest BCUT2D eigenvalue weighted by atomic mass is 19.1. The first-order valence-electron chi connectivity index (χ1n) is 27.2. The fourth-order valence-corrected chi connectivity index (χ4v) is 9.97. The van der Waals surface area contributed by atoms with E-state index >= 15 is 4.39 Å². The smallest absolute Gasteiger partial charge is 0.343 e. The Hall–Kier alpha value is -7.00. The third-order valence-corrected chi connectivity index (χ3v) is 15.0. The maximum absolute atomic E-state index is 15.5. The summed E-state index contributed by atoms with van der Waals surface area (Å²) in [6, 6.07) is 3.15. The van der Waals surface area contributed by atoms with Gasteiger partial charge in [0.05, 0.1) is 30.5 Å². The fraction of sp³-hybridized carbons (Fsp3) is 0.554. The molecule has 1 aromatic heterocycles. The molecule has 8 atom stereocenters. The van der Waals surface area contributed by atoms with Crippen molar-refractivity contribution in [2.24, 2.45) is 5.92 Å². The molecule has 0 saturated heterocycles. The number of hydrogen-bond acceptors (Lipinski definition) is 17. The van der Waals surface area contributed by atoms with Gasteiger partial charge in [0, 0.05) is 55.8 Å². The van der Waals surface area contributed by atoms with Crippen LogP contribution in [-0.2, 0) is 73.0 Å². The number of benzene rings is 2. The van der Waals surface area contributed by atoms with Crippen LogP contribution in [0.3, 0.4) is 0 Å². The lowest BCUT2D eigenvalue weighted by molar-refractivity contribution is -0.172. The summed E-state index contributed by atoms with van der Waals surface area (Å²) in [5, 5.41) is 74.2. The van der Waals surface area contributed by atoms with Gasteiger partial charge in [-0.2, -0.15) is 0 Å². The number of aromatic nitrogens is 1. The zero-order chi connectivity index (χ0) is 59.5. The van der Waals surface area contributed by atoms with Crippen LogP contribution >= 0.6 is 0 Å². The number of unbranched alkanes of at least 4 members (excludes halogenated alkanes) is 3. The van der Waals surface area contributed by atoms with E-state index in [9.17, 15) is 68.7 Å². The summed E-state index contributed by atoms with van der Waals surface area (Å²) in [5.74, 6) is -6.17. The molecule has 3 aromatic rings. The number of nitrogens with one attached hydrogen (secondary N) is 5. The second-order valence-electron chi connectivity index (χ2n) is 21.0. The Morgan fingerprint density at radius 1 is 0.815 bits per heavy atom. The van der Waals surface area contributed by atoms with Crippen LogP contribution in [0.1, 0.15) is 113 Å². The molecule has 0 bridgehead atoms. The van der Waals surface area contributed by atoms with Crippen molar-refractivity contribution in [2.75, 3.05) is 33.0 Å². The molecule has 2 aromatic carbocycles. The van der Waals surface area contributed by atoms with Crippen LogP contribution in [0, 0.1) is 18.7 Å². The molecule has 0 unspecified atom stereocenters. The van der Waals surface area contributed by atoms with Gasteiger partial charge in [-0.3, -0.25) is 43.3 Å². The number of carbonyl (C=O) groups is 8. The standard InChI is InChI=1S/C56H74FN7O17/c1-6-56(79)38-23-41-36-20-32-22-39(57)30(4)34(35(32)21-33(36)25-64(41)54(77)37(38)27-81-55(56)78)12-9-11-19-80-28-59-51(74)31(5)60-53(76)48(29(2)3)62-52(75)40(14-15-44(68)58-24-42(66)49(72)50(73)43(67)26-65)61-45(69)13-8-7-10-18-63-46(70)16-17-47(63)71/h16-17,20-23,29,31,40,42-43,48-50,65-67,72-73,79H,6-15,18-19,24-28H2,1-5H3,(H,58,68)(H,59,74)(H,60,76)(H,61,69)(H,62,75)/t31-,40-,42-,43+,48-,49+,50+,56-/m0/s1. The highest BCUT2D eigenvalue weighted by molar-refractivity contribution is 6.12. The Bertz CT molecular complexity index is 2950. The Balaban J connectivity index is 0.982. The number of fused-ring (bicyclic) bond motifs is 5. The topological polar surface area (TPSA) is 362 Å². The molecular formula is C56H74FN7O17. The summed E-state index contributed by atoms with van der Waals surface area (Å²) >= 11 is 0. The van der Waals surface area contributed by atoms with Crippen LogP contribution in [0.4, 0.5) is 4.39 Å². The number of amides is 7. The molecular weight excluding hydrogens is 1060 g/mol. The number of pyridine rings is 1. The largest absolute Gasteiger partial charge is 0.458 e. The number of ether oxygens (including phenoxy) is 2. The lowest BCUT2D eigenvalue weighted by Gasteiger charge is -2.31. The molecule has 7 amide bonds. The van der Waals surface area contributed by atoms with E-state index in [1.165, 1.54) is 25.1 Å². The zero-order valence-electron chi connectivity index (χ0n) is 46.1. The molecule has 0 radical (unpaired) electrons. The van der Waals surface area contributed by atoms with Crippen molar-refractivity contribution in [3.63, 3.8) is 0 Å². The fourth-order valence-electron chi connectivity index (χ4n) is 9.97. The number of aliphatic hydroxyl groups excluding tert-OH is 5. The minimum absolute atomic E-state index is 0.0102. The number of aliphatic hydroxyl groups is 6. The van der Waals surface area contributed by atoms with E-state index in [0.29, 0.717) is 60.7 Å². The van der Waals surface area contributed by atoms with Crippen molar-refractivity contribution in [3.05, 3.63) is 80.4 Å². The van der Waals surface area contributed by atoms with E-state index in [1.54, 1.807) is 38.3 Å². The predicted molar refractivity (Wildman–Crippen MR) is 287 cm³/mol. The molecule has 0 spiro atoms. The summed E-state index contributed by atoms with van der Waals surface area (Å²) in [4.78, 5) is 118. The Morgan fingerprint density at radius 3 is 2.20 bits per heavy atom. The Kier molecular flexibility index (Phi) is 21.9. The predicted octanol–water partition coefficient (Wildman–Crippen LogP) is -0.507. The first-order valence-corrected chi connectivity index (χ1v) is 27.2. The van der Waals surface area contributed by atoms with Crippen molar-refractivity contribution in [2.45, 2.75) is 160 Å². The van der Waals surface area contributed by atoms with Crippen molar-refractivity contribution in [3.8, 4) is 11.3 Å². The number of cyclic esters (lactones) is 1. The first kappa shape index (κ1) is 63.2. The SMILES string of the molecule is CC[C@@]1(O)C(=O)OCc2c1cc1n(c2=O)Cc2cc3c(CCCCOCNC(=O)[C@H](C)NC(=O)[C@@H](NC(=O)[C@H](CCC(=O)NC[C@H](O)[C@@H](O)[C@H](O)[C@H](O)CO)NC(=O)CCCCCN4C(=O)C=CC4=O)C(C)C)c(C)c(F)cc3cc2-1. The van der Waals surface area contributed by atoms with Crippen molar-refractivity contribution in [1.29, 1.82) is 0 Å². The molecule has 3 aliphatic heterocycles. The molecule has 0 aliphatic carbocycles. The molecule has 3 aliphatic rings. The summed E-state index contributed by atoms with van der Waals surface area (Å²) in [6.45, 7) is 6.66. The average Bonchev–Trinajstić information content (AvgIpc) is 2.59. The molecule has 0 fully saturated rings. The molecule has 11 N–H and O–H groups in total. The molecule has 6 rings (SSSR count). The van der Waals surface area contributed by atoms with Gasteiger partial charge in [-0.05, 0) is 116 Å². The average molecular weight is 1140 g/mol. The van der Waals surface area contributed by atoms with Crippen molar-refractivity contribution in [1.82, 2.24) is 36.1 Å². The van der Waals surface area contributed by atoms with Gasteiger partial charge in [0.15, 0.2) is 5.60 Å². The molecule has 442 valence electrons. The number of carbonyl (C=O) groups excluding carboxylic acids is 8. The third-order valence-electron chi connectivity index (χ3n) is 15.0. The second-order valence-corrected chi connectivity index (χ2v) is 21.0. The molecule has 24 nitrogen and oxygen atoms in total. The Morgan fingerprint density at radius 2 is 1.52 bits per heavy atom. The van der Waals surface area contributed by atoms with E-state index in [4.69, 9.17) is 14.6 Å². The number of nitrogens with zero attached hydrogens (tertiary/aromatic N) is 2.